The Morgan fingerprint density at radius 1 is 0.963 bits per heavy atom. The van der Waals surface area contributed by atoms with Crippen LogP contribution in [0.4, 0.5) is 5.69 Å². The van der Waals surface area contributed by atoms with E-state index in [1.807, 2.05) is 41.3 Å². The number of H-pyrrole nitrogens is 3. The topological polar surface area (TPSA) is 101 Å². The van der Waals surface area contributed by atoms with Gasteiger partial charge in [0.05, 0.1) is 34.0 Å². The average molecular weight is 362 g/mol. The molecule has 0 bridgehead atoms. The molecule has 3 heterocycles. The van der Waals surface area contributed by atoms with E-state index >= 15 is 0 Å². The Hall–Kier alpha value is -3.55. The third kappa shape index (κ3) is 2.57. The number of carbonyl (C=O) groups is 1. The fraction of sp³-hybridized carbons (Fsp3) is 0.211. The Balaban J connectivity index is 1.37. The van der Waals surface area contributed by atoms with Crippen LogP contribution in [-0.2, 0) is 0 Å². The van der Waals surface area contributed by atoms with Gasteiger partial charge in [-0.2, -0.15) is 5.10 Å². The standard InChI is InChI=1S/C19H18N6O2/c26-18(12-3-1-4-14-13(12)11-20-23-14)25-9-7-24(8-10-25)16-6-2-5-15-17(16)22-19(27)21-15/h1-6,11H,7-10H2,(H,20,23)(H2,21,22,27). The summed E-state index contributed by atoms with van der Waals surface area (Å²) in [6.07, 6.45) is 1.70. The van der Waals surface area contributed by atoms with Gasteiger partial charge < -0.3 is 19.8 Å². The van der Waals surface area contributed by atoms with Crippen molar-refractivity contribution >= 4 is 33.5 Å². The zero-order valence-corrected chi connectivity index (χ0v) is 14.5. The molecule has 0 atom stereocenters. The molecular formula is C19H18N6O2. The average Bonchev–Trinajstić information content (AvgIpc) is 3.32. The predicted molar refractivity (Wildman–Crippen MR) is 103 cm³/mol. The molecule has 0 radical (unpaired) electrons. The minimum Gasteiger partial charge on any atom is -0.366 e. The van der Waals surface area contributed by atoms with E-state index < -0.39 is 0 Å². The molecule has 2 aromatic carbocycles. The molecule has 0 aliphatic carbocycles. The molecule has 1 aliphatic heterocycles. The summed E-state index contributed by atoms with van der Waals surface area (Å²) in [5, 5.41) is 7.79. The van der Waals surface area contributed by atoms with Gasteiger partial charge in [-0.05, 0) is 24.3 Å². The van der Waals surface area contributed by atoms with Crippen molar-refractivity contribution in [2.45, 2.75) is 0 Å². The fourth-order valence-electron chi connectivity index (χ4n) is 3.78. The minimum atomic E-state index is -0.209. The van der Waals surface area contributed by atoms with E-state index in [1.54, 1.807) is 6.20 Å². The summed E-state index contributed by atoms with van der Waals surface area (Å²) in [6, 6.07) is 11.4. The van der Waals surface area contributed by atoms with Crippen molar-refractivity contribution in [3.63, 3.8) is 0 Å². The maximum absolute atomic E-state index is 13.0. The number of piperazine rings is 1. The molecule has 1 saturated heterocycles. The highest BCUT2D eigenvalue weighted by molar-refractivity contribution is 6.06. The summed E-state index contributed by atoms with van der Waals surface area (Å²) in [7, 11) is 0. The molecule has 1 fully saturated rings. The van der Waals surface area contributed by atoms with Crippen LogP contribution in [0.15, 0.2) is 47.4 Å². The lowest BCUT2D eigenvalue weighted by atomic mass is 10.1. The number of anilines is 1. The van der Waals surface area contributed by atoms with Gasteiger partial charge in [0.25, 0.3) is 5.91 Å². The molecule has 5 rings (SSSR count). The summed E-state index contributed by atoms with van der Waals surface area (Å²) in [6.45, 7) is 2.66. The largest absolute Gasteiger partial charge is 0.366 e. The molecule has 136 valence electrons. The normalized spacial score (nSPS) is 15.0. The number of aromatic nitrogens is 4. The number of carbonyl (C=O) groups excluding carboxylic acids is 1. The van der Waals surface area contributed by atoms with Crippen LogP contribution >= 0.6 is 0 Å². The van der Waals surface area contributed by atoms with E-state index in [0.29, 0.717) is 31.7 Å². The number of para-hydroxylation sites is 1. The molecule has 0 unspecified atom stereocenters. The molecule has 2 aromatic heterocycles. The number of aromatic amines is 3. The van der Waals surface area contributed by atoms with E-state index in [2.05, 4.69) is 25.1 Å². The van der Waals surface area contributed by atoms with E-state index in [0.717, 1.165) is 27.6 Å². The first kappa shape index (κ1) is 15.7. The van der Waals surface area contributed by atoms with Gasteiger partial charge in [0.2, 0.25) is 0 Å². The fourth-order valence-corrected chi connectivity index (χ4v) is 3.78. The molecule has 27 heavy (non-hydrogen) atoms. The quantitative estimate of drug-likeness (QED) is 0.505. The van der Waals surface area contributed by atoms with Gasteiger partial charge in [0.15, 0.2) is 0 Å². The minimum absolute atomic E-state index is 0.0231. The maximum Gasteiger partial charge on any atom is 0.323 e. The predicted octanol–water partition coefficient (Wildman–Crippen LogP) is 1.69. The van der Waals surface area contributed by atoms with Gasteiger partial charge in [-0.25, -0.2) is 4.79 Å². The summed E-state index contributed by atoms with van der Waals surface area (Å²) in [5.41, 5.74) is 3.91. The first-order chi connectivity index (χ1) is 13.2. The molecule has 8 heteroatoms. The lowest BCUT2D eigenvalue weighted by Gasteiger charge is -2.36. The molecule has 4 aromatic rings. The van der Waals surface area contributed by atoms with E-state index in [1.165, 1.54) is 0 Å². The van der Waals surface area contributed by atoms with Crippen molar-refractivity contribution in [2.75, 3.05) is 31.1 Å². The molecule has 1 aliphatic rings. The highest BCUT2D eigenvalue weighted by atomic mass is 16.2. The lowest BCUT2D eigenvalue weighted by molar-refractivity contribution is 0.0749. The van der Waals surface area contributed by atoms with Gasteiger partial charge >= 0.3 is 5.69 Å². The molecule has 0 spiro atoms. The maximum atomic E-state index is 13.0. The van der Waals surface area contributed by atoms with Crippen molar-refractivity contribution in [1.29, 1.82) is 0 Å². The summed E-state index contributed by atoms with van der Waals surface area (Å²) < 4.78 is 0. The number of imidazole rings is 1. The molecular weight excluding hydrogens is 344 g/mol. The van der Waals surface area contributed by atoms with Crippen molar-refractivity contribution in [3.8, 4) is 0 Å². The Bertz CT molecular complexity index is 1200. The number of amides is 1. The van der Waals surface area contributed by atoms with E-state index in [4.69, 9.17) is 0 Å². The van der Waals surface area contributed by atoms with Crippen molar-refractivity contribution < 1.29 is 4.79 Å². The van der Waals surface area contributed by atoms with Gasteiger partial charge in [0.1, 0.15) is 0 Å². The van der Waals surface area contributed by atoms with Crippen LogP contribution in [0, 0.1) is 0 Å². The van der Waals surface area contributed by atoms with E-state index in [9.17, 15) is 9.59 Å². The second-order valence-electron chi connectivity index (χ2n) is 6.69. The van der Waals surface area contributed by atoms with Crippen LogP contribution in [0.1, 0.15) is 10.4 Å². The van der Waals surface area contributed by atoms with Crippen LogP contribution in [0.2, 0.25) is 0 Å². The van der Waals surface area contributed by atoms with E-state index in [-0.39, 0.29) is 11.6 Å². The zero-order chi connectivity index (χ0) is 18.4. The van der Waals surface area contributed by atoms with Gasteiger partial charge in [0, 0.05) is 31.6 Å². The second kappa shape index (κ2) is 6.01. The number of nitrogens with zero attached hydrogens (tertiary/aromatic N) is 3. The number of rotatable bonds is 2. The zero-order valence-electron chi connectivity index (χ0n) is 14.5. The molecule has 1 amide bonds. The highest BCUT2D eigenvalue weighted by Crippen LogP contribution is 2.25. The Labute approximate surface area is 153 Å². The highest BCUT2D eigenvalue weighted by Gasteiger charge is 2.24. The summed E-state index contributed by atoms with van der Waals surface area (Å²) >= 11 is 0. The summed E-state index contributed by atoms with van der Waals surface area (Å²) in [4.78, 5) is 34.3. The van der Waals surface area contributed by atoms with Gasteiger partial charge in [-0.3, -0.25) is 9.89 Å². The van der Waals surface area contributed by atoms with Crippen molar-refractivity contribution in [3.05, 3.63) is 58.6 Å². The van der Waals surface area contributed by atoms with Crippen LogP contribution < -0.4 is 10.6 Å². The number of hydrogen-bond donors (Lipinski definition) is 3. The van der Waals surface area contributed by atoms with Crippen LogP contribution in [0.25, 0.3) is 21.9 Å². The second-order valence-corrected chi connectivity index (χ2v) is 6.69. The van der Waals surface area contributed by atoms with Crippen molar-refractivity contribution in [2.24, 2.45) is 0 Å². The number of fused-ring (bicyclic) bond motifs is 2. The smallest absolute Gasteiger partial charge is 0.323 e. The molecule has 3 N–H and O–H groups in total. The van der Waals surface area contributed by atoms with Crippen LogP contribution in [0.5, 0.6) is 0 Å². The number of hydrogen-bond acceptors (Lipinski definition) is 4. The lowest BCUT2D eigenvalue weighted by Crippen LogP contribution is -2.48. The Morgan fingerprint density at radius 3 is 2.59 bits per heavy atom. The number of benzene rings is 2. The Kier molecular flexibility index (Phi) is 3.49. The molecule has 0 saturated carbocycles. The Morgan fingerprint density at radius 2 is 1.74 bits per heavy atom. The monoisotopic (exact) mass is 362 g/mol. The van der Waals surface area contributed by atoms with Crippen molar-refractivity contribution in [1.82, 2.24) is 25.1 Å². The first-order valence-corrected chi connectivity index (χ1v) is 8.88. The van der Waals surface area contributed by atoms with Crippen LogP contribution in [0.3, 0.4) is 0 Å². The van der Waals surface area contributed by atoms with Gasteiger partial charge in [-0.1, -0.05) is 12.1 Å². The van der Waals surface area contributed by atoms with Crippen LogP contribution in [-0.4, -0.2) is 57.2 Å². The third-order valence-electron chi connectivity index (χ3n) is 5.15. The first-order valence-electron chi connectivity index (χ1n) is 8.88. The SMILES string of the molecule is O=C(c1cccc2[nH]ncc12)N1CCN(c2cccc3[nH]c(=O)[nH]c23)CC1. The molecule has 8 nitrogen and oxygen atoms in total. The number of nitrogens with one attached hydrogen (secondary N) is 3. The summed E-state index contributed by atoms with van der Waals surface area (Å²) in [5.74, 6) is 0.0231. The third-order valence-corrected chi connectivity index (χ3v) is 5.15. The van der Waals surface area contributed by atoms with Gasteiger partial charge in [-0.15, -0.1) is 0 Å².